The predicted octanol–water partition coefficient (Wildman–Crippen LogP) is 4.07. The van der Waals surface area contributed by atoms with E-state index in [1.807, 2.05) is 30.3 Å². The van der Waals surface area contributed by atoms with E-state index in [1.54, 1.807) is 0 Å². The molecule has 3 heteroatoms. The minimum atomic E-state index is -0.0567. The van der Waals surface area contributed by atoms with E-state index < -0.39 is 0 Å². The van der Waals surface area contributed by atoms with Gasteiger partial charge in [-0.15, -0.1) is 0 Å². The van der Waals surface area contributed by atoms with Gasteiger partial charge in [-0.3, -0.25) is 4.98 Å². The van der Waals surface area contributed by atoms with Crippen molar-refractivity contribution < 1.29 is 9.84 Å². The molecule has 0 saturated heterocycles. The number of para-hydroxylation sites is 1. The fraction of sp³-hybridized carbons (Fsp3) is 0.500. The second-order valence-electron chi connectivity index (χ2n) is 6.77. The van der Waals surface area contributed by atoms with Crippen LogP contribution < -0.4 is 4.74 Å². The summed E-state index contributed by atoms with van der Waals surface area (Å²) < 4.78 is 6.25. The van der Waals surface area contributed by atoms with E-state index in [4.69, 9.17) is 4.74 Å². The van der Waals surface area contributed by atoms with Crippen molar-refractivity contribution in [2.45, 2.75) is 52.2 Å². The molecule has 0 unspecified atom stereocenters. The fourth-order valence-electron chi connectivity index (χ4n) is 3.04. The first-order valence-electron chi connectivity index (χ1n) is 7.74. The summed E-state index contributed by atoms with van der Waals surface area (Å²) in [6.45, 7) is 4.60. The Morgan fingerprint density at radius 1 is 1.24 bits per heavy atom. The summed E-state index contributed by atoms with van der Waals surface area (Å²) in [7, 11) is 0. The molecule has 0 aliphatic heterocycles. The van der Waals surface area contributed by atoms with Crippen LogP contribution in [0.4, 0.5) is 0 Å². The van der Waals surface area contributed by atoms with Gasteiger partial charge in [-0.2, -0.15) is 0 Å². The number of benzene rings is 1. The number of fused-ring (bicyclic) bond motifs is 1. The quantitative estimate of drug-likeness (QED) is 0.924. The number of ether oxygens (including phenoxy) is 1. The maximum atomic E-state index is 9.38. The van der Waals surface area contributed by atoms with E-state index in [9.17, 15) is 5.11 Å². The van der Waals surface area contributed by atoms with Crippen LogP contribution in [0.1, 0.15) is 45.2 Å². The Balaban J connectivity index is 1.86. The number of rotatable bonds is 3. The number of aliphatic hydroxyl groups excluding tert-OH is 1. The zero-order chi connectivity index (χ0) is 14.9. The zero-order valence-electron chi connectivity index (χ0n) is 12.8. The average Bonchev–Trinajstić information content (AvgIpc) is 2.49. The normalized spacial score (nSPS) is 18.8. The van der Waals surface area contributed by atoms with Crippen LogP contribution in [0.25, 0.3) is 10.9 Å². The lowest BCUT2D eigenvalue weighted by molar-refractivity contribution is 0.0998. The number of pyridine rings is 1. The molecule has 2 aromatic rings. The van der Waals surface area contributed by atoms with E-state index >= 15 is 0 Å². The molecule has 21 heavy (non-hydrogen) atoms. The molecule has 1 heterocycles. The van der Waals surface area contributed by atoms with E-state index in [0.717, 1.165) is 29.5 Å². The zero-order valence-corrected chi connectivity index (χ0v) is 12.8. The number of hydrogen-bond donors (Lipinski definition) is 1. The van der Waals surface area contributed by atoms with Crippen LogP contribution in [0.15, 0.2) is 30.3 Å². The molecule has 1 N–H and O–H groups in total. The highest BCUT2D eigenvalue weighted by Crippen LogP contribution is 2.37. The minimum absolute atomic E-state index is 0.0567. The maximum Gasteiger partial charge on any atom is 0.131 e. The van der Waals surface area contributed by atoms with Gasteiger partial charge in [-0.1, -0.05) is 26.0 Å². The Bertz CT molecular complexity index is 626. The number of aliphatic hydroxyl groups is 1. The van der Waals surface area contributed by atoms with Crippen LogP contribution in [0.5, 0.6) is 5.75 Å². The van der Waals surface area contributed by atoms with Crippen LogP contribution in [0, 0.1) is 5.41 Å². The highest BCUT2D eigenvalue weighted by Gasteiger charge is 2.28. The average molecular weight is 285 g/mol. The van der Waals surface area contributed by atoms with Crippen LogP contribution >= 0.6 is 0 Å². The largest absolute Gasteiger partial charge is 0.490 e. The molecule has 112 valence electrons. The first kappa shape index (κ1) is 14.3. The number of aromatic nitrogens is 1. The molecule has 1 aromatic carbocycles. The third-order valence-corrected chi connectivity index (χ3v) is 4.47. The van der Waals surface area contributed by atoms with Gasteiger partial charge in [0.2, 0.25) is 0 Å². The Kier molecular flexibility index (Phi) is 3.85. The molecule has 0 radical (unpaired) electrons. The second-order valence-corrected chi connectivity index (χ2v) is 6.77. The summed E-state index contributed by atoms with van der Waals surface area (Å²) >= 11 is 0. The van der Waals surface area contributed by atoms with E-state index in [-0.39, 0.29) is 12.7 Å². The summed E-state index contributed by atoms with van der Waals surface area (Å²) in [5, 5.41) is 10.4. The molecule has 0 amide bonds. The van der Waals surface area contributed by atoms with E-state index in [0.29, 0.717) is 11.1 Å². The lowest BCUT2D eigenvalue weighted by Crippen LogP contribution is -2.28. The Labute approximate surface area is 126 Å². The van der Waals surface area contributed by atoms with Crippen LogP contribution in [0.3, 0.4) is 0 Å². The standard InChI is InChI=1S/C18H23NO2/c1-18(2)9-7-14(8-10-18)21-17-11-13(12-20)19-16-6-4-3-5-15(16)17/h3-6,11,14,20H,7-10,12H2,1-2H3. The lowest BCUT2D eigenvalue weighted by Gasteiger charge is -2.34. The van der Waals surface area contributed by atoms with Crippen molar-refractivity contribution in [1.82, 2.24) is 4.98 Å². The molecular weight excluding hydrogens is 262 g/mol. The summed E-state index contributed by atoms with van der Waals surface area (Å²) in [6.07, 6.45) is 4.87. The van der Waals surface area contributed by atoms with Gasteiger partial charge in [0.1, 0.15) is 5.75 Å². The van der Waals surface area contributed by atoms with E-state index in [2.05, 4.69) is 18.8 Å². The number of hydrogen-bond acceptors (Lipinski definition) is 3. The molecule has 1 fully saturated rings. The summed E-state index contributed by atoms with van der Waals surface area (Å²) in [5.74, 6) is 0.856. The van der Waals surface area contributed by atoms with Gasteiger partial charge in [0.05, 0.1) is 23.9 Å². The molecule has 1 aliphatic carbocycles. The molecule has 0 atom stereocenters. The molecule has 3 nitrogen and oxygen atoms in total. The third-order valence-electron chi connectivity index (χ3n) is 4.47. The summed E-state index contributed by atoms with van der Waals surface area (Å²) in [4.78, 5) is 4.44. The highest BCUT2D eigenvalue weighted by molar-refractivity contribution is 5.85. The van der Waals surface area contributed by atoms with Crippen LogP contribution in [-0.4, -0.2) is 16.2 Å². The van der Waals surface area contributed by atoms with Gasteiger partial charge in [-0.25, -0.2) is 0 Å². The Morgan fingerprint density at radius 3 is 2.67 bits per heavy atom. The first-order valence-corrected chi connectivity index (χ1v) is 7.74. The van der Waals surface area contributed by atoms with E-state index in [1.165, 1.54) is 12.8 Å². The Morgan fingerprint density at radius 2 is 1.95 bits per heavy atom. The summed E-state index contributed by atoms with van der Waals surface area (Å²) in [5.41, 5.74) is 1.99. The van der Waals surface area contributed by atoms with Gasteiger partial charge in [-0.05, 0) is 43.2 Å². The molecule has 0 spiro atoms. The molecule has 1 aliphatic rings. The molecule has 1 aromatic heterocycles. The smallest absolute Gasteiger partial charge is 0.131 e. The molecule has 0 bridgehead atoms. The van der Waals surface area contributed by atoms with Crippen molar-refractivity contribution in [2.75, 3.05) is 0 Å². The van der Waals surface area contributed by atoms with Crippen molar-refractivity contribution in [3.63, 3.8) is 0 Å². The molecule has 3 rings (SSSR count). The van der Waals surface area contributed by atoms with Crippen molar-refractivity contribution in [3.8, 4) is 5.75 Å². The first-order chi connectivity index (χ1) is 10.1. The van der Waals surface area contributed by atoms with Gasteiger partial charge < -0.3 is 9.84 Å². The summed E-state index contributed by atoms with van der Waals surface area (Å²) in [6, 6.07) is 9.84. The lowest BCUT2D eigenvalue weighted by atomic mass is 9.76. The maximum absolute atomic E-state index is 9.38. The highest BCUT2D eigenvalue weighted by atomic mass is 16.5. The minimum Gasteiger partial charge on any atom is -0.490 e. The second kappa shape index (κ2) is 5.64. The SMILES string of the molecule is CC1(C)CCC(Oc2cc(CO)nc3ccccc23)CC1. The van der Waals surface area contributed by atoms with Crippen molar-refractivity contribution in [3.05, 3.63) is 36.0 Å². The molecular formula is C18H23NO2. The van der Waals surface area contributed by atoms with Crippen LogP contribution in [0.2, 0.25) is 0 Å². The molecule has 1 saturated carbocycles. The predicted molar refractivity (Wildman–Crippen MR) is 84.3 cm³/mol. The third kappa shape index (κ3) is 3.18. The van der Waals surface area contributed by atoms with Gasteiger partial charge in [0.25, 0.3) is 0 Å². The van der Waals surface area contributed by atoms with Gasteiger partial charge in [0.15, 0.2) is 0 Å². The fourth-order valence-corrected chi connectivity index (χ4v) is 3.04. The Hall–Kier alpha value is -1.61. The van der Waals surface area contributed by atoms with Crippen LogP contribution in [-0.2, 0) is 6.61 Å². The van der Waals surface area contributed by atoms with Crippen molar-refractivity contribution in [1.29, 1.82) is 0 Å². The van der Waals surface area contributed by atoms with Gasteiger partial charge >= 0.3 is 0 Å². The number of nitrogens with zero attached hydrogens (tertiary/aromatic N) is 1. The van der Waals surface area contributed by atoms with Crippen molar-refractivity contribution >= 4 is 10.9 Å². The monoisotopic (exact) mass is 285 g/mol. The topological polar surface area (TPSA) is 42.4 Å². The van der Waals surface area contributed by atoms with Crippen molar-refractivity contribution in [2.24, 2.45) is 5.41 Å². The van der Waals surface area contributed by atoms with Gasteiger partial charge in [0, 0.05) is 11.5 Å².